The van der Waals surface area contributed by atoms with Crippen molar-refractivity contribution in [2.24, 2.45) is 0 Å². The van der Waals surface area contributed by atoms with Gasteiger partial charge in [0.2, 0.25) is 0 Å². The van der Waals surface area contributed by atoms with Gasteiger partial charge in [-0.05, 0) is 43.3 Å². The van der Waals surface area contributed by atoms with Gasteiger partial charge in [-0.15, -0.1) is 0 Å². The van der Waals surface area contributed by atoms with Crippen LogP contribution in [0.15, 0.2) is 42.5 Å². The molecule has 0 heterocycles. The van der Waals surface area contributed by atoms with Crippen LogP contribution in [0.1, 0.15) is 12.5 Å². The van der Waals surface area contributed by atoms with Gasteiger partial charge >= 0.3 is 12.1 Å². The number of benzene rings is 2. The summed E-state index contributed by atoms with van der Waals surface area (Å²) in [6.45, 7) is 1.36. The average Bonchev–Trinajstić information content (AvgIpc) is 2.56. The third kappa shape index (κ3) is 4.85. The lowest BCUT2D eigenvalue weighted by Crippen LogP contribution is -2.30. The summed E-state index contributed by atoms with van der Waals surface area (Å²) >= 11 is 5.71. The van der Waals surface area contributed by atoms with Crippen molar-refractivity contribution < 1.29 is 27.6 Å². The second kappa shape index (κ2) is 7.61. The molecule has 0 aliphatic carbocycles. The molecule has 0 aliphatic rings. The molecule has 0 aromatic heterocycles. The number of nitrogens with zero attached hydrogens (tertiary/aromatic N) is 1. The van der Waals surface area contributed by atoms with Crippen LogP contribution in [-0.4, -0.2) is 16.9 Å². The van der Waals surface area contributed by atoms with Crippen molar-refractivity contribution in [2.75, 3.05) is 5.32 Å². The predicted molar refractivity (Wildman–Crippen MR) is 88.3 cm³/mol. The first-order valence-electron chi connectivity index (χ1n) is 7.17. The molecule has 0 aliphatic heterocycles. The first-order valence-corrected chi connectivity index (χ1v) is 7.55. The fraction of sp³-hybridized carbons (Fsp3) is 0.188. The van der Waals surface area contributed by atoms with E-state index in [-0.39, 0.29) is 11.4 Å². The van der Waals surface area contributed by atoms with Crippen molar-refractivity contribution in [3.05, 3.63) is 63.2 Å². The fourth-order valence-electron chi connectivity index (χ4n) is 1.98. The summed E-state index contributed by atoms with van der Waals surface area (Å²) in [5, 5.41) is 14.0. The number of ether oxygens (including phenoxy) is 1. The zero-order valence-electron chi connectivity index (χ0n) is 13.2. The van der Waals surface area contributed by atoms with E-state index in [0.29, 0.717) is 17.2 Å². The first kappa shape index (κ1) is 19.5. The van der Waals surface area contributed by atoms with Crippen molar-refractivity contribution in [3.63, 3.8) is 0 Å². The van der Waals surface area contributed by atoms with E-state index in [1.165, 1.54) is 31.2 Å². The molecule has 0 bridgehead atoms. The highest BCUT2D eigenvalue weighted by Gasteiger charge is 2.33. The van der Waals surface area contributed by atoms with Gasteiger partial charge in [0.1, 0.15) is 17.5 Å². The molecule has 0 radical (unpaired) electrons. The van der Waals surface area contributed by atoms with Crippen molar-refractivity contribution in [2.45, 2.75) is 19.1 Å². The Morgan fingerprint density at radius 1 is 1.23 bits per heavy atom. The van der Waals surface area contributed by atoms with Gasteiger partial charge in [0.25, 0.3) is 5.69 Å². The van der Waals surface area contributed by atoms with E-state index in [1.54, 1.807) is 0 Å². The summed E-state index contributed by atoms with van der Waals surface area (Å²) in [6.07, 6.45) is -4.72. The van der Waals surface area contributed by atoms with Crippen molar-refractivity contribution in [3.8, 4) is 5.75 Å². The lowest BCUT2D eigenvalue weighted by atomic mass is 10.1. The highest BCUT2D eigenvalue weighted by Crippen LogP contribution is 2.35. The number of nitrogens with one attached hydrogen (secondary N) is 1. The summed E-state index contributed by atoms with van der Waals surface area (Å²) in [5.41, 5.74) is -2.19. The molecule has 2 rings (SSSR count). The summed E-state index contributed by atoms with van der Waals surface area (Å²) in [5.74, 6) is -0.573. The van der Waals surface area contributed by atoms with Gasteiger partial charge in [0.05, 0.1) is 10.5 Å². The summed E-state index contributed by atoms with van der Waals surface area (Å²) < 4.78 is 43.2. The third-order valence-electron chi connectivity index (χ3n) is 3.28. The molecule has 1 atom stereocenters. The van der Waals surface area contributed by atoms with E-state index in [9.17, 15) is 28.1 Å². The van der Waals surface area contributed by atoms with E-state index < -0.39 is 34.4 Å². The molecule has 1 N–H and O–H groups in total. The fourth-order valence-corrected chi connectivity index (χ4v) is 2.11. The zero-order valence-corrected chi connectivity index (χ0v) is 14.0. The lowest BCUT2D eigenvalue weighted by Gasteiger charge is -2.15. The minimum atomic E-state index is -4.72. The maximum absolute atomic E-state index is 12.7. The van der Waals surface area contributed by atoms with E-state index in [0.717, 1.165) is 6.07 Å². The summed E-state index contributed by atoms with van der Waals surface area (Å²) in [4.78, 5) is 22.1. The molecule has 2 aromatic carbocycles. The maximum atomic E-state index is 12.7. The van der Waals surface area contributed by atoms with Gasteiger partial charge in [-0.1, -0.05) is 11.6 Å². The SMILES string of the molecule is C[C@H](Nc1ccc(C(F)(F)F)cc1[N+](=O)[O-])C(=O)Oc1ccc(Cl)cc1. The van der Waals surface area contributed by atoms with Crippen LogP contribution in [0.4, 0.5) is 24.5 Å². The number of alkyl halides is 3. The van der Waals surface area contributed by atoms with Crippen LogP contribution in [0.3, 0.4) is 0 Å². The van der Waals surface area contributed by atoms with Crippen LogP contribution in [0.25, 0.3) is 0 Å². The molecule has 138 valence electrons. The van der Waals surface area contributed by atoms with Crippen LogP contribution in [0.5, 0.6) is 5.75 Å². The molecule has 0 unspecified atom stereocenters. The molecule has 2 aromatic rings. The number of carbonyl (C=O) groups excluding carboxylic acids is 1. The molecule has 0 fully saturated rings. The molecule has 0 spiro atoms. The second-order valence-electron chi connectivity index (χ2n) is 5.23. The zero-order chi connectivity index (χ0) is 19.5. The molecular formula is C16H12ClF3N2O4. The Morgan fingerprint density at radius 3 is 2.38 bits per heavy atom. The summed E-state index contributed by atoms with van der Waals surface area (Å²) in [6, 6.07) is 6.84. The van der Waals surface area contributed by atoms with Gasteiger partial charge in [-0.25, -0.2) is 4.79 Å². The number of carbonyl (C=O) groups is 1. The van der Waals surface area contributed by atoms with E-state index >= 15 is 0 Å². The predicted octanol–water partition coefficient (Wildman–Crippen LogP) is 4.67. The minimum absolute atomic E-state index is 0.204. The molecule has 10 heteroatoms. The summed E-state index contributed by atoms with van der Waals surface area (Å²) in [7, 11) is 0. The van der Waals surface area contributed by atoms with Crippen molar-refractivity contribution in [1.82, 2.24) is 0 Å². The highest BCUT2D eigenvalue weighted by molar-refractivity contribution is 6.30. The second-order valence-corrected chi connectivity index (χ2v) is 5.66. The monoisotopic (exact) mass is 388 g/mol. The number of nitro groups is 1. The third-order valence-corrected chi connectivity index (χ3v) is 3.53. The number of esters is 1. The Morgan fingerprint density at radius 2 is 1.85 bits per heavy atom. The standard InChI is InChI=1S/C16H12ClF3N2O4/c1-9(15(23)26-12-5-3-11(17)4-6-12)21-13-7-2-10(16(18,19)20)8-14(13)22(24)25/h2-9,21H,1H3/t9-/m0/s1. The number of halogens is 4. The maximum Gasteiger partial charge on any atom is 0.416 e. The Kier molecular flexibility index (Phi) is 5.71. The molecule has 0 saturated heterocycles. The van der Waals surface area contributed by atoms with Gasteiger partial charge < -0.3 is 10.1 Å². The molecule has 0 saturated carbocycles. The molecular weight excluding hydrogens is 377 g/mol. The van der Waals surface area contributed by atoms with Crippen LogP contribution in [0, 0.1) is 10.1 Å². The molecule has 6 nitrogen and oxygen atoms in total. The number of rotatable bonds is 5. The average molecular weight is 389 g/mol. The van der Waals surface area contributed by atoms with Gasteiger partial charge in [0.15, 0.2) is 0 Å². The highest BCUT2D eigenvalue weighted by atomic mass is 35.5. The number of hydrogen-bond donors (Lipinski definition) is 1. The van der Waals surface area contributed by atoms with E-state index in [1.807, 2.05) is 0 Å². The Labute approximate surface area is 150 Å². The smallest absolute Gasteiger partial charge is 0.416 e. The Hall–Kier alpha value is -2.81. The van der Waals surface area contributed by atoms with Gasteiger partial charge in [-0.2, -0.15) is 13.2 Å². The van der Waals surface area contributed by atoms with E-state index in [2.05, 4.69) is 5.32 Å². The minimum Gasteiger partial charge on any atom is -0.425 e. The van der Waals surface area contributed by atoms with Crippen LogP contribution >= 0.6 is 11.6 Å². The number of nitro benzene ring substituents is 1. The number of hydrogen-bond acceptors (Lipinski definition) is 5. The van der Waals surface area contributed by atoms with Crippen molar-refractivity contribution >= 4 is 28.9 Å². The number of anilines is 1. The Balaban J connectivity index is 2.17. The van der Waals surface area contributed by atoms with Gasteiger partial charge in [0, 0.05) is 11.1 Å². The van der Waals surface area contributed by atoms with Crippen molar-refractivity contribution in [1.29, 1.82) is 0 Å². The molecule has 26 heavy (non-hydrogen) atoms. The van der Waals surface area contributed by atoms with Crippen LogP contribution < -0.4 is 10.1 Å². The van der Waals surface area contributed by atoms with Crippen LogP contribution in [-0.2, 0) is 11.0 Å². The molecule has 0 amide bonds. The topological polar surface area (TPSA) is 81.5 Å². The lowest BCUT2D eigenvalue weighted by molar-refractivity contribution is -0.384. The normalized spacial score (nSPS) is 12.3. The quantitative estimate of drug-likeness (QED) is 0.348. The van der Waals surface area contributed by atoms with E-state index in [4.69, 9.17) is 16.3 Å². The first-order chi connectivity index (χ1) is 12.1. The largest absolute Gasteiger partial charge is 0.425 e. The van der Waals surface area contributed by atoms with Crippen LogP contribution in [0.2, 0.25) is 5.02 Å². The van der Waals surface area contributed by atoms with Gasteiger partial charge in [-0.3, -0.25) is 10.1 Å². The Bertz CT molecular complexity index is 825.